The van der Waals surface area contributed by atoms with Gasteiger partial charge in [-0.15, -0.1) is 0 Å². The van der Waals surface area contributed by atoms with Gasteiger partial charge in [-0.05, 0) is 24.5 Å². The second-order valence-corrected chi connectivity index (χ2v) is 11.3. The van der Waals surface area contributed by atoms with E-state index in [1.54, 1.807) is 4.90 Å². The van der Waals surface area contributed by atoms with Crippen LogP contribution in [0.4, 0.5) is 0 Å². The summed E-state index contributed by atoms with van der Waals surface area (Å²) in [4.78, 5) is 38.5. The molecule has 2 heterocycles. The normalized spacial score (nSPS) is 14.7. The monoisotopic (exact) mass is 587 g/mol. The predicted octanol–water partition coefficient (Wildman–Crippen LogP) is 1.65. The average Bonchev–Trinajstić information content (AvgIpc) is 3.47. The number of para-hydroxylation sites is 1. The molecule has 1 aliphatic rings. The van der Waals surface area contributed by atoms with Crippen LogP contribution in [0.25, 0.3) is 11.0 Å². The third kappa shape index (κ3) is 7.63. The Morgan fingerprint density at radius 1 is 1.26 bits per heavy atom. The number of guanidine groups is 1. The summed E-state index contributed by atoms with van der Waals surface area (Å²) in [5, 5.41) is 23.7. The van der Waals surface area contributed by atoms with Crippen molar-refractivity contribution in [3.8, 4) is 0 Å². The average molecular weight is 588 g/mol. The van der Waals surface area contributed by atoms with Crippen LogP contribution in [0.2, 0.25) is 4.71 Å². The van der Waals surface area contributed by atoms with Crippen LogP contribution in [-0.2, 0) is 27.2 Å². The molecule has 6 N–H and O–H groups in total. The Labute approximate surface area is 231 Å². The fourth-order valence-electron chi connectivity index (χ4n) is 4.55. The summed E-state index contributed by atoms with van der Waals surface area (Å²) in [6.45, 7) is 5.59. The third-order valence-electron chi connectivity index (χ3n) is 6.83. The molecule has 3 rings (SSSR count). The maximum atomic E-state index is 12.5. The molecule has 38 heavy (non-hydrogen) atoms. The number of rotatable bonds is 13. The third-order valence-corrected chi connectivity index (χ3v) is 7.96. The van der Waals surface area contributed by atoms with Gasteiger partial charge in [-0.2, -0.15) is 0 Å². The molecule has 0 spiro atoms. The number of carbonyl (C=O) groups is 3. The van der Waals surface area contributed by atoms with Gasteiger partial charge in [0.05, 0.1) is 0 Å². The smallest absolute Gasteiger partial charge is 0.460 e. The molecular weight excluding hydrogens is 549 g/mol. The second kappa shape index (κ2) is 13.5. The van der Waals surface area contributed by atoms with Gasteiger partial charge in [0.15, 0.2) is 0 Å². The number of nitrogens with zero attached hydrogens (tertiary/aromatic N) is 1. The maximum absolute atomic E-state index is 12.5. The van der Waals surface area contributed by atoms with Crippen molar-refractivity contribution in [1.29, 1.82) is 5.41 Å². The van der Waals surface area contributed by atoms with Gasteiger partial charge in [0.1, 0.15) is 5.58 Å². The molecule has 11 heteroatoms. The number of fused-ring (bicyclic) bond motifs is 1. The van der Waals surface area contributed by atoms with Crippen molar-refractivity contribution >= 4 is 51.6 Å². The zero-order valence-electron chi connectivity index (χ0n) is 22.0. The number of hydrogen-bond acceptors (Lipinski definition) is 5. The van der Waals surface area contributed by atoms with Crippen LogP contribution in [0.1, 0.15) is 49.5 Å². The molecule has 3 atom stereocenters. The Bertz CT molecular complexity index is 1220. The molecule has 0 radical (unpaired) electrons. The van der Waals surface area contributed by atoms with Gasteiger partial charge in [0, 0.05) is 5.39 Å². The van der Waals surface area contributed by atoms with Crippen LogP contribution < -0.4 is 16.4 Å². The fourth-order valence-corrected chi connectivity index (χ4v) is 5.43. The van der Waals surface area contributed by atoms with Crippen LogP contribution in [0.3, 0.4) is 0 Å². The quantitative estimate of drug-likeness (QED) is 0.0783. The first-order valence-corrected chi connectivity index (χ1v) is 14.3. The Hall–Kier alpha value is -3.26. The molecule has 0 fully saturated rings. The van der Waals surface area contributed by atoms with Gasteiger partial charge in [-0.25, -0.2) is 0 Å². The molecule has 0 aliphatic carbocycles. The standard InChI is InChI=1S/C27H38AsN5O5/c1-3-18-7-6-8-19-16(2)22(38-24(18)19)14-21(26(36)37)32-23(34)9-4-5-11-31-25(35)20(28)13-17-10-12-33(15-17)27(29)30/h6-8,10,20-21H,3-5,9,11-15,28H2,1-2H3,(H3,29,30)(H,31,35)(H,32,34)(H,36,37). The van der Waals surface area contributed by atoms with E-state index in [0.29, 0.717) is 44.7 Å². The van der Waals surface area contributed by atoms with Crippen LogP contribution in [0.15, 0.2) is 34.3 Å². The minimum atomic E-state index is -1.11. The predicted molar refractivity (Wildman–Crippen MR) is 149 cm³/mol. The molecule has 1 aromatic carbocycles. The molecule has 2 amide bonds. The van der Waals surface area contributed by atoms with Gasteiger partial charge in [-0.3, -0.25) is 0 Å². The fraction of sp³-hybridized carbons (Fsp3) is 0.481. The molecule has 1 aliphatic heterocycles. The van der Waals surface area contributed by atoms with Crippen molar-refractivity contribution in [1.82, 2.24) is 15.5 Å². The van der Waals surface area contributed by atoms with Crippen molar-refractivity contribution in [2.45, 2.75) is 63.1 Å². The molecule has 3 unspecified atom stereocenters. The number of unbranched alkanes of at least 4 members (excludes halogenated alkanes) is 1. The van der Waals surface area contributed by atoms with Gasteiger partial charge in [0.2, 0.25) is 0 Å². The Balaban J connectivity index is 1.40. The summed E-state index contributed by atoms with van der Waals surface area (Å²) >= 11 is 1.34. The number of benzene rings is 1. The van der Waals surface area contributed by atoms with E-state index in [1.807, 2.05) is 38.1 Å². The molecule has 10 nitrogen and oxygen atoms in total. The first kappa shape index (κ1) is 29.3. The molecule has 0 bridgehead atoms. The Morgan fingerprint density at radius 2 is 2.03 bits per heavy atom. The summed E-state index contributed by atoms with van der Waals surface area (Å²) in [7, 11) is 0. The minimum Gasteiger partial charge on any atom is -0.460 e. The molecule has 0 saturated carbocycles. The van der Waals surface area contributed by atoms with E-state index in [-0.39, 0.29) is 35.3 Å². The summed E-state index contributed by atoms with van der Waals surface area (Å²) in [6.07, 6.45) is 4.84. The molecule has 2 aromatic rings. The van der Waals surface area contributed by atoms with Crippen LogP contribution in [0, 0.1) is 12.3 Å². The Kier molecular flexibility index (Phi) is 10.4. The minimum absolute atomic E-state index is 0.0324. The van der Waals surface area contributed by atoms with Gasteiger partial charge in [-0.1, -0.05) is 25.1 Å². The summed E-state index contributed by atoms with van der Waals surface area (Å²) in [5.74, 6) is -0.885. The first-order valence-electron chi connectivity index (χ1n) is 12.9. The number of carboxylic acids is 1. The number of hydrogen-bond donors (Lipinski definition) is 5. The number of amides is 2. The number of carboxylic acid groups (broad SMARTS) is 1. The van der Waals surface area contributed by atoms with E-state index < -0.39 is 12.0 Å². The number of carbonyl (C=O) groups excluding carboxylic acids is 2. The van der Waals surface area contributed by atoms with Crippen LogP contribution >= 0.6 is 0 Å². The number of furan rings is 1. The van der Waals surface area contributed by atoms with Crippen molar-refractivity contribution in [3.63, 3.8) is 0 Å². The van der Waals surface area contributed by atoms with E-state index in [9.17, 15) is 19.5 Å². The number of aryl methyl sites for hydroxylation is 2. The zero-order valence-corrected chi connectivity index (χ0v) is 24.4. The topological polar surface area (TPSA) is 162 Å². The Morgan fingerprint density at radius 3 is 2.68 bits per heavy atom. The molecular formula is C27H38AsN5O5. The SMILES string of the molecule is CCc1cccc2c(C)c(CC(NC(=O)CCCCNC(=O)C([AsH2])CC3=CCN(C(=N)N)C3)C(=O)O)oc12. The van der Waals surface area contributed by atoms with Gasteiger partial charge >= 0.3 is 167 Å². The summed E-state index contributed by atoms with van der Waals surface area (Å²) in [5.41, 5.74) is 9.34. The van der Waals surface area contributed by atoms with Gasteiger partial charge in [0.25, 0.3) is 0 Å². The number of nitrogens with two attached hydrogens (primary N) is 1. The van der Waals surface area contributed by atoms with Crippen LogP contribution in [-0.4, -0.2) is 76.3 Å². The van der Waals surface area contributed by atoms with E-state index in [1.165, 1.54) is 16.9 Å². The van der Waals surface area contributed by atoms with Crippen LogP contribution in [0.5, 0.6) is 0 Å². The van der Waals surface area contributed by atoms with Gasteiger partial charge < -0.3 is 4.42 Å². The summed E-state index contributed by atoms with van der Waals surface area (Å²) in [6, 6.07) is 4.83. The van der Waals surface area contributed by atoms with E-state index in [2.05, 4.69) is 10.6 Å². The second-order valence-electron chi connectivity index (χ2n) is 9.65. The summed E-state index contributed by atoms with van der Waals surface area (Å²) < 4.78 is 5.88. The molecule has 0 saturated heterocycles. The number of nitrogens with one attached hydrogen (secondary N) is 3. The van der Waals surface area contributed by atoms with E-state index in [0.717, 1.165) is 34.1 Å². The first-order chi connectivity index (χ1) is 18.1. The van der Waals surface area contributed by atoms with Crippen molar-refractivity contribution in [2.24, 2.45) is 5.73 Å². The van der Waals surface area contributed by atoms with E-state index >= 15 is 0 Å². The van der Waals surface area contributed by atoms with Crippen molar-refractivity contribution < 1.29 is 23.9 Å². The molecule has 206 valence electrons. The van der Waals surface area contributed by atoms with E-state index in [4.69, 9.17) is 15.6 Å². The van der Waals surface area contributed by atoms with Crippen molar-refractivity contribution in [3.05, 3.63) is 46.7 Å². The van der Waals surface area contributed by atoms with Crippen molar-refractivity contribution in [2.75, 3.05) is 19.6 Å². The molecule has 1 aromatic heterocycles. The number of aliphatic carboxylic acids is 1. The zero-order chi connectivity index (χ0) is 27.8.